The molecule has 1 aliphatic rings. The summed E-state index contributed by atoms with van der Waals surface area (Å²) in [6.07, 6.45) is 3.85. The average molecular weight is 126 g/mol. The maximum Gasteiger partial charge on any atom is 0.0680 e. The Morgan fingerprint density at radius 1 is 1.78 bits per heavy atom. The van der Waals surface area contributed by atoms with Crippen molar-refractivity contribution in [2.75, 3.05) is 6.54 Å². The third-order valence-electron chi connectivity index (χ3n) is 1.65. The molecular formula is C6H10N2O. The van der Waals surface area contributed by atoms with Crippen LogP contribution in [0.4, 0.5) is 0 Å². The average Bonchev–Trinajstić information content (AvgIpc) is 2.33. The number of nitrogens with zero attached hydrogens (tertiary/aromatic N) is 2. The van der Waals surface area contributed by atoms with E-state index in [1.165, 1.54) is 5.01 Å². The van der Waals surface area contributed by atoms with E-state index in [1.807, 2.05) is 0 Å². The predicted molar refractivity (Wildman–Crippen MR) is 35.7 cm³/mol. The zero-order valence-electron chi connectivity index (χ0n) is 5.29. The van der Waals surface area contributed by atoms with Gasteiger partial charge in [-0.1, -0.05) is 6.08 Å². The van der Waals surface area contributed by atoms with Crippen molar-refractivity contribution in [3.63, 3.8) is 0 Å². The smallest absolute Gasteiger partial charge is 0.0680 e. The van der Waals surface area contributed by atoms with Crippen molar-refractivity contribution in [3.05, 3.63) is 17.6 Å². The third-order valence-corrected chi connectivity index (χ3v) is 1.65. The lowest BCUT2D eigenvalue weighted by molar-refractivity contribution is 0.302. The fourth-order valence-corrected chi connectivity index (χ4v) is 1.12. The van der Waals surface area contributed by atoms with E-state index in [0.717, 1.165) is 19.4 Å². The van der Waals surface area contributed by atoms with Crippen LogP contribution in [0.25, 0.3) is 0 Å². The molecule has 0 aromatic carbocycles. The standard InChI is InChI=1S/C6H10N2O/c1-2-6-4-3-5-8(6)7-9/h2,6H,1,3-5H2. The van der Waals surface area contributed by atoms with E-state index >= 15 is 0 Å². The van der Waals surface area contributed by atoms with Crippen LogP contribution in [0.15, 0.2) is 17.9 Å². The van der Waals surface area contributed by atoms with Crippen molar-refractivity contribution >= 4 is 0 Å². The van der Waals surface area contributed by atoms with Crippen LogP contribution in [0.2, 0.25) is 0 Å². The van der Waals surface area contributed by atoms with Gasteiger partial charge in [-0.3, -0.25) is 5.01 Å². The van der Waals surface area contributed by atoms with Gasteiger partial charge in [0.1, 0.15) is 0 Å². The van der Waals surface area contributed by atoms with Gasteiger partial charge in [0.05, 0.1) is 11.3 Å². The molecule has 1 rings (SSSR count). The highest BCUT2D eigenvalue weighted by Gasteiger charge is 2.20. The molecule has 9 heavy (non-hydrogen) atoms. The number of hydrogen-bond acceptors (Lipinski definition) is 2. The summed E-state index contributed by atoms with van der Waals surface area (Å²) in [5, 5.41) is 4.39. The topological polar surface area (TPSA) is 32.7 Å². The summed E-state index contributed by atoms with van der Waals surface area (Å²) in [6, 6.07) is 0.197. The zero-order chi connectivity index (χ0) is 6.69. The summed E-state index contributed by atoms with van der Waals surface area (Å²) in [5.74, 6) is 0. The van der Waals surface area contributed by atoms with Crippen LogP contribution in [0.1, 0.15) is 12.8 Å². The van der Waals surface area contributed by atoms with Gasteiger partial charge in [-0.2, -0.15) is 0 Å². The Bertz CT molecular complexity index is 110. The van der Waals surface area contributed by atoms with Crippen LogP contribution < -0.4 is 0 Å². The molecule has 0 bridgehead atoms. The molecule has 1 aliphatic heterocycles. The minimum Gasteiger partial charge on any atom is -0.254 e. The lowest BCUT2D eigenvalue weighted by Gasteiger charge is -2.11. The first kappa shape index (κ1) is 6.26. The second kappa shape index (κ2) is 2.62. The van der Waals surface area contributed by atoms with Gasteiger partial charge in [-0.05, 0) is 12.8 Å². The fourth-order valence-electron chi connectivity index (χ4n) is 1.12. The molecule has 50 valence electrons. The molecule has 0 aliphatic carbocycles. The highest BCUT2D eigenvalue weighted by Crippen LogP contribution is 2.16. The Labute approximate surface area is 54.3 Å². The molecule has 0 saturated carbocycles. The number of hydrogen-bond donors (Lipinski definition) is 0. The normalized spacial score (nSPS) is 26.2. The van der Waals surface area contributed by atoms with Gasteiger partial charge in [0.2, 0.25) is 0 Å². The Hall–Kier alpha value is -0.860. The Morgan fingerprint density at radius 2 is 2.56 bits per heavy atom. The molecule has 3 nitrogen and oxygen atoms in total. The minimum atomic E-state index is 0.197. The van der Waals surface area contributed by atoms with Crippen molar-refractivity contribution in [1.82, 2.24) is 5.01 Å². The van der Waals surface area contributed by atoms with Crippen molar-refractivity contribution < 1.29 is 0 Å². The number of nitroso groups, excluding NO2 is 1. The first-order valence-electron chi connectivity index (χ1n) is 3.11. The van der Waals surface area contributed by atoms with Crippen LogP contribution in [-0.4, -0.2) is 17.6 Å². The molecule has 0 aromatic rings. The summed E-state index contributed by atoms with van der Waals surface area (Å²) < 4.78 is 0. The largest absolute Gasteiger partial charge is 0.254 e. The fraction of sp³-hybridized carbons (Fsp3) is 0.667. The third kappa shape index (κ3) is 1.09. The molecular weight excluding hydrogens is 116 g/mol. The van der Waals surface area contributed by atoms with Gasteiger partial charge in [-0.15, -0.1) is 11.5 Å². The van der Waals surface area contributed by atoms with Crippen molar-refractivity contribution in [2.24, 2.45) is 5.29 Å². The van der Waals surface area contributed by atoms with E-state index in [1.54, 1.807) is 6.08 Å². The summed E-state index contributed by atoms with van der Waals surface area (Å²) in [5.41, 5.74) is 0. The van der Waals surface area contributed by atoms with Crippen LogP contribution >= 0.6 is 0 Å². The second-order valence-corrected chi connectivity index (χ2v) is 2.19. The Kier molecular flexibility index (Phi) is 1.82. The van der Waals surface area contributed by atoms with Crippen LogP contribution in [-0.2, 0) is 0 Å². The van der Waals surface area contributed by atoms with E-state index in [-0.39, 0.29) is 6.04 Å². The van der Waals surface area contributed by atoms with E-state index in [2.05, 4.69) is 11.9 Å². The first-order chi connectivity index (χ1) is 4.38. The van der Waals surface area contributed by atoms with Gasteiger partial charge in [-0.25, -0.2) is 0 Å². The van der Waals surface area contributed by atoms with Crippen LogP contribution in [0.3, 0.4) is 0 Å². The highest BCUT2D eigenvalue weighted by atomic mass is 16.3. The van der Waals surface area contributed by atoms with Gasteiger partial charge in [0.15, 0.2) is 0 Å². The Balaban J connectivity index is 2.50. The Morgan fingerprint density at radius 3 is 3.00 bits per heavy atom. The van der Waals surface area contributed by atoms with E-state index in [4.69, 9.17) is 0 Å². The monoisotopic (exact) mass is 126 g/mol. The first-order valence-corrected chi connectivity index (χ1v) is 3.11. The molecule has 0 amide bonds. The van der Waals surface area contributed by atoms with Crippen molar-refractivity contribution in [2.45, 2.75) is 18.9 Å². The van der Waals surface area contributed by atoms with E-state index in [9.17, 15) is 4.91 Å². The molecule has 0 radical (unpaired) electrons. The molecule has 1 heterocycles. The molecule has 1 saturated heterocycles. The van der Waals surface area contributed by atoms with Gasteiger partial charge in [0.25, 0.3) is 0 Å². The molecule has 1 atom stereocenters. The summed E-state index contributed by atoms with van der Waals surface area (Å²) in [4.78, 5) is 10.0. The summed E-state index contributed by atoms with van der Waals surface area (Å²) in [6.45, 7) is 4.39. The van der Waals surface area contributed by atoms with Crippen LogP contribution in [0, 0.1) is 4.91 Å². The molecule has 3 heteroatoms. The van der Waals surface area contributed by atoms with Gasteiger partial charge in [0, 0.05) is 6.54 Å². The molecule has 0 aromatic heterocycles. The number of rotatable bonds is 2. The lowest BCUT2D eigenvalue weighted by atomic mass is 10.2. The SMILES string of the molecule is C=CC1CCCN1N=O. The van der Waals surface area contributed by atoms with Crippen molar-refractivity contribution in [3.8, 4) is 0 Å². The molecule has 1 fully saturated rings. The second-order valence-electron chi connectivity index (χ2n) is 2.19. The quantitative estimate of drug-likeness (QED) is 0.413. The molecule has 0 N–H and O–H groups in total. The van der Waals surface area contributed by atoms with Crippen molar-refractivity contribution in [1.29, 1.82) is 0 Å². The van der Waals surface area contributed by atoms with Crippen LogP contribution in [0.5, 0.6) is 0 Å². The summed E-state index contributed by atoms with van der Waals surface area (Å²) >= 11 is 0. The molecule has 1 unspecified atom stereocenters. The summed E-state index contributed by atoms with van der Waals surface area (Å²) in [7, 11) is 0. The van der Waals surface area contributed by atoms with E-state index in [0.29, 0.717) is 0 Å². The maximum atomic E-state index is 10.0. The van der Waals surface area contributed by atoms with E-state index < -0.39 is 0 Å². The lowest BCUT2D eigenvalue weighted by Crippen LogP contribution is -2.20. The maximum absolute atomic E-state index is 10.0. The molecule has 0 spiro atoms. The van der Waals surface area contributed by atoms with Gasteiger partial charge >= 0.3 is 0 Å². The van der Waals surface area contributed by atoms with Gasteiger partial charge < -0.3 is 0 Å². The zero-order valence-corrected chi connectivity index (χ0v) is 5.29. The highest BCUT2D eigenvalue weighted by molar-refractivity contribution is 4.90. The minimum absolute atomic E-state index is 0.197. The predicted octanol–water partition coefficient (Wildman–Crippen LogP) is 1.32.